The second-order valence-electron chi connectivity index (χ2n) is 6.08. The van der Waals surface area contributed by atoms with E-state index in [4.69, 9.17) is 15.2 Å². The third-order valence-electron chi connectivity index (χ3n) is 3.78. The summed E-state index contributed by atoms with van der Waals surface area (Å²) in [5.41, 5.74) is 6.29. The molecule has 2 atom stereocenters. The minimum atomic E-state index is -0.409. The van der Waals surface area contributed by atoms with Crippen LogP contribution in [0.4, 0.5) is 5.69 Å². The summed E-state index contributed by atoms with van der Waals surface area (Å²) in [6.45, 7) is 2.09. The van der Waals surface area contributed by atoms with Crippen molar-refractivity contribution >= 4 is 11.6 Å². The number of hydrogen-bond acceptors (Lipinski definition) is 5. The predicted octanol–water partition coefficient (Wildman–Crippen LogP) is 1.46. The van der Waals surface area contributed by atoms with Crippen molar-refractivity contribution in [2.24, 2.45) is 5.73 Å². The van der Waals surface area contributed by atoms with E-state index in [1.54, 1.807) is 0 Å². The lowest BCUT2D eigenvalue weighted by Gasteiger charge is -2.14. The number of carbonyl (C=O) groups is 1. The van der Waals surface area contributed by atoms with Crippen molar-refractivity contribution < 1.29 is 14.3 Å². The molecule has 1 aromatic rings. The van der Waals surface area contributed by atoms with Crippen molar-refractivity contribution in [1.29, 1.82) is 0 Å². The molecule has 0 bridgehead atoms. The number of anilines is 1. The highest BCUT2D eigenvalue weighted by molar-refractivity contribution is 5.94. The minimum absolute atomic E-state index is 0.00267. The molecule has 1 heterocycles. The van der Waals surface area contributed by atoms with Crippen LogP contribution in [0.3, 0.4) is 0 Å². The zero-order valence-corrected chi connectivity index (χ0v) is 14.0. The second-order valence-corrected chi connectivity index (χ2v) is 6.08. The Morgan fingerprint density at radius 2 is 2.26 bits per heavy atom. The number of nitrogens with one attached hydrogen (secondary N) is 1. The molecule has 0 radical (unpaired) electrons. The van der Waals surface area contributed by atoms with Crippen molar-refractivity contribution in [3.05, 3.63) is 24.3 Å². The topological polar surface area (TPSA) is 76.8 Å². The van der Waals surface area contributed by atoms with Crippen LogP contribution < -0.4 is 15.8 Å². The summed E-state index contributed by atoms with van der Waals surface area (Å²) in [6.07, 6.45) is 2.10. The van der Waals surface area contributed by atoms with Crippen LogP contribution in [0.5, 0.6) is 5.75 Å². The van der Waals surface area contributed by atoms with Gasteiger partial charge in [-0.2, -0.15) is 0 Å². The van der Waals surface area contributed by atoms with Crippen LogP contribution in [-0.2, 0) is 9.53 Å². The lowest BCUT2D eigenvalue weighted by Crippen LogP contribution is -2.29. The van der Waals surface area contributed by atoms with Gasteiger partial charge in [0, 0.05) is 24.8 Å². The zero-order chi connectivity index (χ0) is 16.7. The Hall–Kier alpha value is -1.63. The predicted molar refractivity (Wildman–Crippen MR) is 90.7 cm³/mol. The first-order chi connectivity index (χ1) is 11.1. The number of nitrogens with zero attached hydrogens (tertiary/aromatic N) is 1. The molecule has 3 N–H and O–H groups in total. The highest BCUT2D eigenvalue weighted by Crippen LogP contribution is 2.22. The van der Waals surface area contributed by atoms with Gasteiger partial charge in [0.25, 0.3) is 5.91 Å². The lowest BCUT2D eigenvalue weighted by atomic mass is 10.2. The standard InChI is InChI=1S/C17H27N3O3/c1-20(2)9-4-10-22-14-6-3-5-13(11-14)19-17(21)16-8-7-15(12-18)23-16/h3,5-6,11,15-16H,4,7-10,12,18H2,1-2H3,(H,19,21)/t15-,16+/m1/s1. The first kappa shape index (κ1) is 17.7. The van der Waals surface area contributed by atoms with E-state index in [9.17, 15) is 4.79 Å². The summed E-state index contributed by atoms with van der Waals surface area (Å²) in [7, 11) is 4.08. The van der Waals surface area contributed by atoms with E-state index in [0.717, 1.165) is 30.8 Å². The Kier molecular flexibility index (Phi) is 6.83. The smallest absolute Gasteiger partial charge is 0.253 e. The van der Waals surface area contributed by atoms with Crippen molar-refractivity contribution in [2.45, 2.75) is 31.5 Å². The van der Waals surface area contributed by atoms with Gasteiger partial charge < -0.3 is 25.4 Å². The van der Waals surface area contributed by atoms with Gasteiger partial charge in [0.2, 0.25) is 0 Å². The van der Waals surface area contributed by atoms with Crippen LogP contribution in [0.2, 0.25) is 0 Å². The van der Waals surface area contributed by atoms with Gasteiger partial charge in [0.15, 0.2) is 0 Å². The highest BCUT2D eigenvalue weighted by Gasteiger charge is 2.29. The summed E-state index contributed by atoms with van der Waals surface area (Å²) in [4.78, 5) is 14.3. The maximum atomic E-state index is 12.2. The maximum absolute atomic E-state index is 12.2. The molecule has 0 saturated carbocycles. The van der Waals surface area contributed by atoms with Gasteiger partial charge in [0.1, 0.15) is 11.9 Å². The highest BCUT2D eigenvalue weighted by atomic mass is 16.5. The van der Waals surface area contributed by atoms with Crippen molar-refractivity contribution in [3.8, 4) is 5.75 Å². The van der Waals surface area contributed by atoms with E-state index in [1.807, 2.05) is 38.4 Å². The van der Waals surface area contributed by atoms with E-state index in [2.05, 4.69) is 10.2 Å². The molecule has 1 aliphatic rings. The Morgan fingerprint density at radius 1 is 1.43 bits per heavy atom. The van der Waals surface area contributed by atoms with Crippen molar-refractivity contribution in [2.75, 3.05) is 39.1 Å². The van der Waals surface area contributed by atoms with Crippen LogP contribution in [0.25, 0.3) is 0 Å². The fraction of sp³-hybridized carbons (Fsp3) is 0.588. The molecule has 23 heavy (non-hydrogen) atoms. The average Bonchev–Trinajstić information content (AvgIpc) is 3.01. The number of amides is 1. The lowest BCUT2D eigenvalue weighted by molar-refractivity contribution is -0.126. The number of carbonyl (C=O) groups excluding carboxylic acids is 1. The van der Waals surface area contributed by atoms with Gasteiger partial charge in [-0.05, 0) is 45.5 Å². The van der Waals surface area contributed by atoms with Crippen LogP contribution >= 0.6 is 0 Å². The zero-order valence-electron chi connectivity index (χ0n) is 14.0. The Balaban J connectivity index is 1.81. The van der Waals surface area contributed by atoms with Crippen LogP contribution in [-0.4, -0.2) is 56.8 Å². The number of hydrogen-bond donors (Lipinski definition) is 2. The third-order valence-corrected chi connectivity index (χ3v) is 3.78. The number of benzene rings is 1. The first-order valence-corrected chi connectivity index (χ1v) is 8.12. The van der Waals surface area contributed by atoms with Gasteiger partial charge in [-0.15, -0.1) is 0 Å². The maximum Gasteiger partial charge on any atom is 0.253 e. The SMILES string of the molecule is CN(C)CCCOc1cccc(NC(=O)[C@@H]2CC[C@H](CN)O2)c1. The molecular weight excluding hydrogens is 294 g/mol. The molecule has 0 unspecified atom stereocenters. The van der Waals surface area contributed by atoms with E-state index in [0.29, 0.717) is 19.6 Å². The molecule has 1 amide bonds. The van der Waals surface area contributed by atoms with E-state index < -0.39 is 6.10 Å². The fourth-order valence-corrected chi connectivity index (χ4v) is 2.53. The summed E-state index contributed by atoms with van der Waals surface area (Å²) in [5, 5.41) is 2.88. The minimum Gasteiger partial charge on any atom is -0.493 e. The summed E-state index contributed by atoms with van der Waals surface area (Å²) in [5.74, 6) is 0.638. The monoisotopic (exact) mass is 321 g/mol. The van der Waals surface area contributed by atoms with E-state index in [1.165, 1.54) is 0 Å². The number of nitrogens with two attached hydrogens (primary N) is 1. The Morgan fingerprint density at radius 3 is 2.96 bits per heavy atom. The van der Waals surface area contributed by atoms with Crippen LogP contribution in [0, 0.1) is 0 Å². The summed E-state index contributed by atoms with van der Waals surface area (Å²) < 4.78 is 11.3. The number of ether oxygens (including phenoxy) is 2. The van der Waals surface area contributed by atoms with Gasteiger partial charge in [-0.3, -0.25) is 4.79 Å². The van der Waals surface area contributed by atoms with E-state index >= 15 is 0 Å². The Bertz CT molecular complexity index is 508. The quantitative estimate of drug-likeness (QED) is 0.709. The van der Waals surface area contributed by atoms with Gasteiger partial charge >= 0.3 is 0 Å². The van der Waals surface area contributed by atoms with Gasteiger partial charge in [-0.25, -0.2) is 0 Å². The molecule has 2 rings (SSSR count). The summed E-state index contributed by atoms with van der Waals surface area (Å²) in [6, 6.07) is 7.44. The molecule has 1 saturated heterocycles. The number of rotatable bonds is 8. The molecule has 128 valence electrons. The summed E-state index contributed by atoms with van der Waals surface area (Å²) >= 11 is 0. The molecular formula is C17H27N3O3. The molecule has 6 nitrogen and oxygen atoms in total. The largest absolute Gasteiger partial charge is 0.493 e. The fourth-order valence-electron chi connectivity index (χ4n) is 2.53. The molecule has 1 aromatic carbocycles. The van der Waals surface area contributed by atoms with Gasteiger partial charge in [0.05, 0.1) is 12.7 Å². The van der Waals surface area contributed by atoms with Crippen molar-refractivity contribution in [1.82, 2.24) is 4.90 Å². The molecule has 6 heteroatoms. The average molecular weight is 321 g/mol. The third kappa shape index (κ3) is 5.82. The van der Waals surface area contributed by atoms with Crippen LogP contribution in [0.1, 0.15) is 19.3 Å². The Labute approximate surface area is 137 Å². The van der Waals surface area contributed by atoms with Crippen molar-refractivity contribution in [3.63, 3.8) is 0 Å². The molecule has 1 fully saturated rings. The molecule has 1 aliphatic heterocycles. The molecule has 0 spiro atoms. The molecule has 0 aliphatic carbocycles. The first-order valence-electron chi connectivity index (χ1n) is 8.12. The van der Waals surface area contributed by atoms with Gasteiger partial charge in [-0.1, -0.05) is 6.07 Å². The van der Waals surface area contributed by atoms with E-state index in [-0.39, 0.29) is 12.0 Å². The second kappa shape index (κ2) is 8.86. The van der Waals surface area contributed by atoms with Crippen LogP contribution in [0.15, 0.2) is 24.3 Å². The normalized spacial score (nSPS) is 20.7. The molecule has 0 aromatic heterocycles.